The van der Waals surface area contributed by atoms with Crippen molar-refractivity contribution in [2.45, 2.75) is 12.8 Å². The summed E-state index contributed by atoms with van der Waals surface area (Å²) in [7, 11) is 0. The fourth-order valence-electron chi connectivity index (χ4n) is 3.37. The SMILES string of the molecule is OCC[NH+]1CCC(=C(c2ccc(F)cc2)c2ccc(F)cc2)CC1.[Cl-]. The van der Waals surface area contributed by atoms with Crippen LogP contribution in [0, 0.1) is 11.6 Å². The Labute approximate surface area is 153 Å². The Balaban J connectivity index is 0.00000225. The van der Waals surface area contributed by atoms with E-state index in [1.165, 1.54) is 34.7 Å². The summed E-state index contributed by atoms with van der Waals surface area (Å²) >= 11 is 0. The number of piperidine rings is 1. The first kappa shape index (κ1) is 19.6. The minimum Gasteiger partial charge on any atom is -1.00 e. The molecule has 1 aliphatic rings. The van der Waals surface area contributed by atoms with Gasteiger partial charge in [-0.05, 0) is 41.0 Å². The second-order valence-corrected chi connectivity index (χ2v) is 6.22. The first-order valence-electron chi connectivity index (χ1n) is 8.35. The average molecular weight is 366 g/mol. The summed E-state index contributed by atoms with van der Waals surface area (Å²) in [6, 6.07) is 13.0. The molecule has 0 atom stereocenters. The fourth-order valence-corrected chi connectivity index (χ4v) is 3.37. The van der Waals surface area contributed by atoms with Crippen LogP contribution in [0.15, 0.2) is 54.1 Å². The molecule has 25 heavy (non-hydrogen) atoms. The molecule has 5 heteroatoms. The monoisotopic (exact) mass is 365 g/mol. The number of benzene rings is 2. The summed E-state index contributed by atoms with van der Waals surface area (Å²) in [5.41, 5.74) is 4.32. The third kappa shape index (κ3) is 4.88. The van der Waals surface area contributed by atoms with Crippen molar-refractivity contribution in [3.63, 3.8) is 0 Å². The number of aliphatic hydroxyl groups is 1. The Morgan fingerprint density at radius 2 is 1.28 bits per heavy atom. The molecule has 0 unspecified atom stereocenters. The molecule has 0 radical (unpaired) electrons. The summed E-state index contributed by atoms with van der Waals surface area (Å²) in [4.78, 5) is 1.40. The summed E-state index contributed by atoms with van der Waals surface area (Å²) in [6.45, 7) is 2.93. The highest BCUT2D eigenvalue weighted by molar-refractivity contribution is 5.82. The molecule has 1 saturated heterocycles. The van der Waals surface area contributed by atoms with Gasteiger partial charge in [-0.15, -0.1) is 0 Å². The number of likely N-dealkylation sites (tertiary alicyclic amines) is 1. The average Bonchev–Trinajstić information content (AvgIpc) is 2.60. The van der Waals surface area contributed by atoms with Gasteiger partial charge in [0.2, 0.25) is 0 Å². The zero-order chi connectivity index (χ0) is 16.9. The maximum absolute atomic E-state index is 13.3. The van der Waals surface area contributed by atoms with E-state index >= 15 is 0 Å². The molecule has 0 aliphatic carbocycles. The lowest BCUT2D eigenvalue weighted by Crippen LogP contribution is -3.13. The summed E-state index contributed by atoms with van der Waals surface area (Å²) in [6.07, 6.45) is 1.86. The summed E-state index contributed by atoms with van der Waals surface area (Å²) in [5.74, 6) is -0.520. The van der Waals surface area contributed by atoms with E-state index in [0.29, 0.717) is 0 Å². The van der Waals surface area contributed by atoms with Crippen LogP contribution in [-0.2, 0) is 0 Å². The van der Waals surface area contributed by atoms with Crippen molar-refractivity contribution in [3.05, 3.63) is 76.9 Å². The van der Waals surface area contributed by atoms with Crippen molar-refractivity contribution >= 4 is 5.57 Å². The highest BCUT2D eigenvalue weighted by atomic mass is 35.5. The number of quaternary nitrogens is 1. The van der Waals surface area contributed by atoms with Gasteiger partial charge in [0.1, 0.15) is 18.2 Å². The Morgan fingerprint density at radius 3 is 1.68 bits per heavy atom. The van der Waals surface area contributed by atoms with E-state index in [2.05, 4.69) is 0 Å². The molecule has 1 fully saturated rings. The Kier molecular flexibility index (Phi) is 7.12. The maximum atomic E-state index is 13.3. The molecule has 0 spiro atoms. The van der Waals surface area contributed by atoms with Crippen LogP contribution in [0.2, 0.25) is 0 Å². The molecule has 0 bridgehead atoms. The van der Waals surface area contributed by atoms with Crippen LogP contribution in [-0.4, -0.2) is 31.3 Å². The third-order valence-corrected chi connectivity index (χ3v) is 4.65. The lowest BCUT2D eigenvalue weighted by atomic mass is 9.88. The second kappa shape index (κ2) is 9.09. The van der Waals surface area contributed by atoms with E-state index in [1.54, 1.807) is 24.3 Å². The van der Waals surface area contributed by atoms with E-state index in [1.807, 2.05) is 0 Å². The molecule has 2 N–H and O–H groups in total. The van der Waals surface area contributed by atoms with Gasteiger partial charge in [0.15, 0.2) is 0 Å². The van der Waals surface area contributed by atoms with E-state index in [9.17, 15) is 8.78 Å². The van der Waals surface area contributed by atoms with Crippen molar-refractivity contribution < 1.29 is 31.2 Å². The summed E-state index contributed by atoms with van der Waals surface area (Å²) < 4.78 is 26.6. The second-order valence-electron chi connectivity index (χ2n) is 6.22. The first-order chi connectivity index (χ1) is 11.7. The Morgan fingerprint density at radius 1 is 0.840 bits per heavy atom. The fraction of sp³-hybridized carbons (Fsp3) is 0.300. The topological polar surface area (TPSA) is 24.7 Å². The van der Waals surface area contributed by atoms with E-state index in [4.69, 9.17) is 5.11 Å². The van der Waals surface area contributed by atoms with Crippen LogP contribution in [0.1, 0.15) is 24.0 Å². The molecule has 0 amide bonds. The van der Waals surface area contributed by atoms with E-state index in [0.717, 1.165) is 49.2 Å². The molecular weight excluding hydrogens is 344 g/mol. The predicted molar refractivity (Wildman–Crippen MR) is 90.7 cm³/mol. The quantitative estimate of drug-likeness (QED) is 0.746. The van der Waals surface area contributed by atoms with Crippen molar-refractivity contribution in [2.75, 3.05) is 26.2 Å². The lowest BCUT2D eigenvalue weighted by molar-refractivity contribution is -0.903. The molecule has 2 aromatic rings. The van der Waals surface area contributed by atoms with Gasteiger partial charge < -0.3 is 22.4 Å². The molecule has 2 nitrogen and oxygen atoms in total. The van der Waals surface area contributed by atoms with Crippen molar-refractivity contribution in [1.82, 2.24) is 0 Å². The van der Waals surface area contributed by atoms with E-state index in [-0.39, 0.29) is 30.6 Å². The predicted octanol–water partition coefficient (Wildman–Crippen LogP) is -0.558. The molecule has 1 aliphatic heterocycles. The Bertz CT molecular complexity index is 656. The first-order valence-corrected chi connectivity index (χ1v) is 8.35. The highest BCUT2D eigenvalue weighted by Gasteiger charge is 2.21. The number of aliphatic hydroxyl groups excluding tert-OH is 1. The van der Waals surface area contributed by atoms with Crippen LogP contribution in [0.25, 0.3) is 5.57 Å². The van der Waals surface area contributed by atoms with Gasteiger partial charge in [-0.1, -0.05) is 29.8 Å². The zero-order valence-corrected chi connectivity index (χ0v) is 14.7. The number of rotatable bonds is 4. The number of nitrogens with one attached hydrogen (secondary N) is 1. The molecule has 0 saturated carbocycles. The normalized spacial score (nSPS) is 17.1. The number of hydrogen-bond acceptors (Lipinski definition) is 1. The van der Waals surface area contributed by atoms with Gasteiger partial charge >= 0.3 is 0 Å². The third-order valence-electron chi connectivity index (χ3n) is 4.65. The van der Waals surface area contributed by atoms with Gasteiger partial charge in [0.25, 0.3) is 0 Å². The smallest absolute Gasteiger partial charge is 0.123 e. The molecule has 134 valence electrons. The molecule has 2 aromatic carbocycles. The van der Waals surface area contributed by atoms with Gasteiger partial charge in [0.05, 0.1) is 19.7 Å². The lowest BCUT2D eigenvalue weighted by Gasteiger charge is -2.27. The van der Waals surface area contributed by atoms with Crippen LogP contribution in [0.3, 0.4) is 0 Å². The number of hydrogen-bond donors (Lipinski definition) is 2. The van der Waals surface area contributed by atoms with Crippen LogP contribution in [0.4, 0.5) is 8.78 Å². The minimum absolute atomic E-state index is 0. The summed E-state index contributed by atoms with van der Waals surface area (Å²) in [5, 5.41) is 9.10. The molecule has 1 heterocycles. The molecule has 0 aromatic heterocycles. The van der Waals surface area contributed by atoms with Crippen LogP contribution in [0.5, 0.6) is 0 Å². The van der Waals surface area contributed by atoms with Crippen molar-refractivity contribution in [2.24, 2.45) is 0 Å². The number of halogens is 3. The van der Waals surface area contributed by atoms with Crippen molar-refractivity contribution in [3.8, 4) is 0 Å². The van der Waals surface area contributed by atoms with Crippen LogP contribution < -0.4 is 17.3 Å². The van der Waals surface area contributed by atoms with Gasteiger partial charge in [-0.3, -0.25) is 0 Å². The minimum atomic E-state index is -0.260. The molecule has 3 rings (SSSR count). The van der Waals surface area contributed by atoms with Crippen molar-refractivity contribution in [1.29, 1.82) is 0 Å². The maximum Gasteiger partial charge on any atom is 0.123 e. The zero-order valence-electron chi connectivity index (χ0n) is 13.9. The largest absolute Gasteiger partial charge is 1.00 e. The van der Waals surface area contributed by atoms with E-state index < -0.39 is 0 Å². The van der Waals surface area contributed by atoms with Gasteiger partial charge in [0, 0.05) is 12.8 Å². The highest BCUT2D eigenvalue weighted by Crippen LogP contribution is 2.30. The van der Waals surface area contributed by atoms with Gasteiger partial charge in [-0.25, -0.2) is 8.78 Å². The molecular formula is C20H22ClF2NO. The standard InChI is InChI=1S/C20H21F2NO.ClH/c21-18-5-1-15(2-6-18)20(16-3-7-19(22)8-4-16)17-9-11-23(12-10-17)13-14-24;/h1-8,24H,9-14H2;1H. The Hall–Kier alpha value is -1.75. The van der Waals surface area contributed by atoms with Gasteiger partial charge in [-0.2, -0.15) is 0 Å². The van der Waals surface area contributed by atoms with Crippen LogP contribution >= 0.6 is 0 Å².